The van der Waals surface area contributed by atoms with Crippen molar-refractivity contribution < 1.29 is 33.6 Å². The quantitative estimate of drug-likeness (QED) is 0.266. The number of methoxy groups -OCH3 is 4. The van der Waals surface area contributed by atoms with E-state index in [1.165, 1.54) is 33.3 Å². The highest BCUT2D eigenvalue weighted by molar-refractivity contribution is 6.46. The predicted molar refractivity (Wildman–Crippen MR) is 145 cm³/mol. The van der Waals surface area contributed by atoms with Crippen LogP contribution in [0.1, 0.15) is 42.1 Å². The number of amides is 1. The number of aliphatic hydroxyl groups is 1. The summed E-state index contributed by atoms with van der Waals surface area (Å²) in [6, 6.07) is 6.19. The minimum absolute atomic E-state index is 0.0212. The number of carbonyl (C=O) groups is 2. The number of ketones is 1. The van der Waals surface area contributed by atoms with E-state index >= 15 is 0 Å². The van der Waals surface area contributed by atoms with E-state index < -0.39 is 17.7 Å². The van der Waals surface area contributed by atoms with Gasteiger partial charge in [0, 0.05) is 13.1 Å². The van der Waals surface area contributed by atoms with Gasteiger partial charge in [-0.05, 0) is 61.8 Å². The van der Waals surface area contributed by atoms with Crippen LogP contribution in [0, 0.1) is 13.8 Å². The van der Waals surface area contributed by atoms with Crippen molar-refractivity contribution in [1.82, 2.24) is 9.80 Å². The zero-order chi connectivity index (χ0) is 28.1. The average molecular weight is 527 g/mol. The topological polar surface area (TPSA) is 97.8 Å². The predicted octanol–water partition coefficient (Wildman–Crippen LogP) is 4.10. The Morgan fingerprint density at radius 2 is 1.47 bits per heavy atom. The summed E-state index contributed by atoms with van der Waals surface area (Å²) in [5.74, 6) is -0.167. The normalized spacial score (nSPS) is 16.8. The molecule has 9 nitrogen and oxygen atoms in total. The number of benzene rings is 2. The number of aryl methyl sites for hydroxylation is 2. The highest BCUT2D eigenvalue weighted by Gasteiger charge is 2.47. The number of hydrogen-bond donors (Lipinski definition) is 1. The molecule has 0 spiro atoms. The Morgan fingerprint density at radius 3 is 1.97 bits per heavy atom. The van der Waals surface area contributed by atoms with E-state index in [9.17, 15) is 14.7 Å². The van der Waals surface area contributed by atoms with Crippen molar-refractivity contribution in [3.05, 3.63) is 52.1 Å². The van der Waals surface area contributed by atoms with Gasteiger partial charge in [0.15, 0.2) is 11.5 Å². The van der Waals surface area contributed by atoms with E-state index in [4.69, 9.17) is 18.9 Å². The summed E-state index contributed by atoms with van der Waals surface area (Å²) in [4.78, 5) is 30.7. The van der Waals surface area contributed by atoms with Crippen LogP contribution in [0.25, 0.3) is 5.76 Å². The molecule has 1 atom stereocenters. The largest absolute Gasteiger partial charge is 0.507 e. The second-order valence-electron chi connectivity index (χ2n) is 9.14. The third kappa shape index (κ3) is 5.29. The van der Waals surface area contributed by atoms with Crippen molar-refractivity contribution >= 4 is 17.4 Å². The van der Waals surface area contributed by atoms with Gasteiger partial charge in [-0.15, -0.1) is 0 Å². The molecule has 3 rings (SSSR count). The third-order valence-electron chi connectivity index (χ3n) is 6.97. The Labute approximate surface area is 224 Å². The number of aliphatic hydroxyl groups excluding tert-OH is 1. The van der Waals surface area contributed by atoms with Crippen LogP contribution in [0.3, 0.4) is 0 Å². The van der Waals surface area contributed by atoms with Gasteiger partial charge in [0.25, 0.3) is 11.7 Å². The van der Waals surface area contributed by atoms with E-state index in [1.807, 2.05) is 33.8 Å². The molecule has 1 aliphatic rings. The maximum atomic E-state index is 13.5. The first-order chi connectivity index (χ1) is 18.2. The Kier molecular flexibility index (Phi) is 9.27. The molecule has 1 fully saturated rings. The highest BCUT2D eigenvalue weighted by atomic mass is 16.5. The summed E-state index contributed by atoms with van der Waals surface area (Å²) >= 11 is 0. The Balaban J connectivity index is 2.31. The van der Waals surface area contributed by atoms with Crippen LogP contribution < -0.4 is 18.9 Å². The molecule has 38 heavy (non-hydrogen) atoms. The first-order valence-electron chi connectivity index (χ1n) is 12.6. The molecule has 1 saturated heterocycles. The van der Waals surface area contributed by atoms with Crippen LogP contribution >= 0.6 is 0 Å². The van der Waals surface area contributed by atoms with E-state index in [-0.39, 0.29) is 17.9 Å². The van der Waals surface area contributed by atoms with Crippen LogP contribution in [0.5, 0.6) is 23.0 Å². The summed E-state index contributed by atoms with van der Waals surface area (Å²) in [5, 5.41) is 11.6. The van der Waals surface area contributed by atoms with Gasteiger partial charge in [-0.25, -0.2) is 0 Å². The van der Waals surface area contributed by atoms with Crippen LogP contribution in [0.4, 0.5) is 0 Å². The van der Waals surface area contributed by atoms with E-state index in [2.05, 4.69) is 4.90 Å². The molecule has 0 aromatic heterocycles. The minimum atomic E-state index is -0.884. The fraction of sp³-hybridized carbons (Fsp3) is 0.448. The molecule has 1 unspecified atom stereocenters. The summed E-state index contributed by atoms with van der Waals surface area (Å²) in [7, 11) is 6.01. The van der Waals surface area contributed by atoms with Crippen LogP contribution in [-0.2, 0) is 9.59 Å². The van der Waals surface area contributed by atoms with Gasteiger partial charge < -0.3 is 33.9 Å². The fourth-order valence-electron chi connectivity index (χ4n) is 5.05. The molecule has 1 heterocycles. The van der Waals surface area contributed by atoms with Crippen LogP contribution in [0.2, 0.25) is 0 Å². The molecule has 0 saturated carbocycles. The second-order valence-corrected chi connectivity index (χ2v) is 9.14. The zero-order valence-corrected chi connectivity index (χ0v) is 23.5. The number of rotatable bonds is 11. The van der Waals surface area contributed by atoms with Crippen molar-refractivity contribution in [3.63, 3.8) is 0 Å². The number of likely N-dealkylation sites (N-methyl/N-ethyl adjacent to an activating group) is 1. The Morgan fingerprint density at radius 1 is 0.895 bits per heavy atom. The van der Waals surface area contributed by atoms with Gasteiger partial charge in [0.2, 0.25) is 5.75 Å². The molecular weight excluding hydrogens is 488 g/mol. The third-order valence-corrected chi connectivity index (χ3v) is 6.97. The smallest absolute Gasteiger partial charge is 0.295 e. The first kappa shape index (κ1) is 28.8. The number of ether oxygens (including phenoxy) is 4. The molecule has 1 N–H and O–H groups in total. The van der Waals surface area contributed by atoms with E-state index in [0.717, 1.165) is 24.2 Å². The lowest BCUT2D eigenvalue weighted by molar-refractivity contribution is -0.140. The molecule has 0 radical (unpaired) electrons. The van der Waals surface area contributed by atoms with Gasteiger partial charge in [0.05, 0.1) is 45.6 Å². The number of likely N-dealkylation sites (tertiary alicyclic amines) is 1. The van der Waals surface area contributed by atoms with Gasteiger partial charge >= 0.3 is 0 Å². The summed E-state index contributed by atoms with van der Waals surface area (Å²) in [6.07, 6.45) is 0. The van der Waals surface area contributed by atoms with Gasteiger partial charge in [-0.1, -0.05) is 19.9 Å². The summed E-state index contributed by atoms with van der Waals surface area (Å²) < 4.78 is 22.2. The average Bonchev–Trinajstić information content (AvgIpc) is 3.16. The van der Waals surface area contributed by atoms with Crippen molar-refractivity contribution in [3.8, 4) is 23.0 Å². The Bertz CT molecular complexity index is 1210. The van der Waals surface area contributed by atoms with Gasteiger partial charge in [0.1, 0.15) is 11.5 Å². The van der Waals surface area contributed by atoms with Gasteiger partial charge in [-0.2, -0.15) is 0 Å². The number of carbonyl (C=O) groups excluding carboxylic acids is 2. The van der Waals surface area contributed by atoms with Crippen molar-refractivity contribution in [1.29, 1.82) is 0 Å². The monoisotopic (exact) mass is 526 g/mol. The number of hydrogen-bond acceptors (Lipinski definition) is 8. The van der Waals surface area contributed by atoms with Crippen molar-refractivity contribution in [2.24, 2.45) is 0 Å². The first-order valence-corrected chi connectivity index (χ1v) is 12.6. The molecule has 2 aromatic rings. The lowest BCUT2D eigenvalue weighted by Crippen LogP contribution is -2.38. The van der Waals surface area contributed by atoms with Crippen molar-refractivity contribution in [2.75, 3.05) is 54.6 Å². The van der Waals surface area contributed by atoms with E-state index in [1.54, 1.807) is 18.2 Å². The maximum Gasteiger partial charge on any atom is 0.295 e. The molecular formula is C29H38N2O7. The molecule has 0 bridgehead atoms. The molecule has 0 aliphatic carbocycles. The van der Waals surface area contributed by atoms with E-state index in [0.29, 0.717) is 40.7 Å². The SMILES string of the molecule is CCN(CC)CCN1C(=O)C(=O)/C(=C(/O)c2cc(C)cc(C)c2OC)C1c1cc(OC)c(OC)c(OC)c1. The lowest BCUT2D eigenvalue weighted by atomic mass is 9.93. The highest BCUT2D eigenvalue weighted by Crippen LogP contribution is 2.46. The zero-order valence-electron chi connectivity index (χ0n) is 23.5. The fourth-order valence-corrected chi connectivity index (χ4v) is 5.05. The molecule has 9 heteroatoms. The van der Waals surface area contributed by atoms with Gasteiger partial charge in [-0.3, -0.25) is 9.59 Å². The Hall–Kier alpha value is -3.72. The van der Waals surface area contributed by atoms with Crippen LogP contribution in [0.15, 0.2) is 29.8 Å². The molecule has 206 valence electrons. The summed E-state index contributed by atoms with van der Waals surface area (Å²) in [6.45, 7) is 10.3. The maximum absolute atomic E-state index is 13.5. The second kappa shape index (κ2) is 12.2. The minimum Gasteiger partial charge on any atom is -0.507 e. The molecule has 2 aromatic carbocycles. The summed E-state index contributed by atoms with van der Waals surface area (Å²) in [5.41, 5.74) is 2.55. The molecule has 1 aliphatic heterocycles. The molecule has 1 amide bonds. The van der Waals surface area contributed by atoms with Crippen molar-refractivity contribution in [2.45, 2.75) is 33.7 Å². The lowest BCUT2D eigenvalue weighted by Gasteiger charge is -2.29. The number of Topliss-reactive ketones (excluding diaryl/α,β-unsaturated/α-hetero) is 1. The van der Waals surface area contributed by atoms with Crippen LogP contribution in [-0.4, -0.2) is 81.2 Å². The number of nitrogens with zero attached hydrogens (tertiary/aromatic N) is 2. The standard InChI is InChI=1S/C29H38N2O7/c1-9-30(10-2)11-12-31-24(19-15-21(35-5)28(38-8)22(16-19)36-6)23(26(33)29(31)34)25(32)20-14-17(3)13-18(4)27(20)37-7/h13-16,24,32H,9-12H2,1-8H3/b25-23+.